The Morgan fingerprint density at radius 2 is 2.11 bits per heavy atom. The lowest BCUT2D eigenvalue weighted by molar-refractivity contribution is 0.0690. The topological polar surface area (TPSA) is 78.5 Å². The van der Waals surface area contributed by atoms with Crippen molar-refractivity contribution in [3.8, 4) is 17.0 Å². The van der Waals surface area contributed by atoms with Crippen molar-refractivity contribution in [2.75, 3.05) is 26.1 Å². The standard InChI is InChI=1S/C13H15N3O3/c1-16(2)8-4-5-12(19-3)9(6-8)10-7-11(13(17)18)15-14-10/h4-7H,1-3H3,(H,14,15)(H,17,18). The summed E-state index contributed by atoms with van der Waals surface area (Å²) in [5, 5.41) is 15.4. The minimum absolute atomic E-state index is 0.0484. The molecule has 100 valence electrons. The zero-order valence-corrected chi connectivity index (χ0v) is 11.0. The van der Waals surface area contributed by atoms with Gasteiger partial charge in [-0.2, -0.15) is 5.10 Å². The molecule has 0 amide bonds. The van der Waals surface area contributed by atoms with E-state index < -0.39 is 5.97 Å². The summed E-state index contributed by atoms with van der Waals surface area (Å²) in [6.45, 7) is 0. The zero-order valence-electron chi connectivity index (χ0n) is 11.0. The first-order valence-corrected chi connectivity index (χ1v) is 5.67. The number of anilines is 1. The van der Waals surface area contributed by atoms with Crippen LogP contribution in [0.25, 0.3) is 11.3 Å². The maximum atomic E-state index is 10.9. The highest BCUT2D eigenvalue weighted by atomic mass is 16.5. The van der Waals surface area contributed by atoms with Gasteiger partial charge in [-0.25, -0.2) is 4.79 Å². The van der Waals surface area contributed by atoms with Crippen LogP contribution in [0.3, 0.4) is 0 Å². The number of hydrogen-bond donors (Lipinski definition) is 2. The Balaban J connectivity index is 2.51. The molecule has 1 aromatic carbocycles. The molecular formula is C13H15N3O3. The molecule has 2 aromatic rings. The van der Waals surface area contributed by atoms with Gasteiger partial charge in [0.1, 0.15) is 11.4 Å². The van der Waals surface area contributed by atoms with Crippen molar-refractivity contribution >= 4 is 11.7 Å². The summed E-state index contributed by atoms with van der Waals surface area (Å²) in [5.41, 5.74) is 2.32. The Morgan fingerprint density at radius 1 is 1.37 bits per heavy atom. The fraction of sp³-hybridized carbons (Fsp3) is 0.231. The maximum Gasteiger partial charge on any atom is 0.353 e. The van der Waals surface area contributed by atoms with Gasteiger partial charge in [-0.15, -0.1) is 0 Å². The molecule has 0 spiro atoms. The molecule has 1 heterocycles. The van der Waals surface area contributed by atoms with Gasteiger partial charge in [-0.3, -0.25) is 5.10 Å². The molecule has 2 N–H and O–H groups in total. The SMILES string of the molecule is COc1ccc(N(C)C)cc1-c1cc(C(=O)O)[nH]n1. The van der Waals surface area contributed by atoms with Gasteiger partial charge in [-0.05, 0) is 24.3 Å². The van der Waals surface area contributed by atoms with E-state index in [1.54, 1.807) is 7.11 Å². The van der Waals surface area contributed by atoms with Crippen LogP contribution in [0, 0.1) is 0 Å². The van der Waals surface area contributed by atoms with Crippen LogP contribution in [0.1, 0.15) is 10.5 Å². The molecule has 0 saturated heterocycles. The van der Waals surface area contributed by atoms with Crippen molar-refractivity contribution in [3.63, 3.8) is 0 Å². The third kappa shape index (κ3) is 2.52. The predicted molar refractivity (Wildman–Crippen MR) is 71.9 cm³/mol. The molecule has 0 radical (unpaired) electrons. The van der Waals surface area contributed by atoms with E-state index in [1.165, 1.54) is 6.07 Å². The largest absolute Gasteiger partial charge is 0.496 e. The van der Waals surface area contributed by atoms with E-state index in [0.717, 1.165) is 11.3 Å². The van der Waals surface area contributed by atoms with Crippen LogP contribution in [0.4, 0.5) is 5.69 Å². The quantitative estimate of drug-likeness (QED) is 0.878. The Hall–Kier alpha value is -2.50. The Bertz CT molecular complexity index is 605. The molecule has 2 rings (SSSR count). The van der Waals surface area contributed by atoms with Crippen LogP contribution < -0.4 is 9.64 Å². The van der Waals surface area contributed by atoms with Gasteiger partial charge >= 0.3 is 5.97 Å². The summed E-state index contributed by atoms with van der Waals surface area (Å²) in [4.78, 5) is 12.8. The summed E-state index contributed by atoms with van der Waals surface area (Å²) >= 11 is 0. The van der Waals surface area contributed by atoms with Gasteiger partial charge in [0.15, 0.2) is 0 Å². The Kier molecular flexibility index (Phi) is 3.41. The highest BCUT2D eigenvalue weighted by Crippen LogP contribution is 2.32. The summed E-state index contributed by atoms with van der Waals surface area (Å²) in [6.07, 6.45) is 0. The molecular weight excluding hydrogens is 246 g/mol. The number of H-pyrrole nitrogens is 1. The first kappa shape index (κ1) is 12.9. The van der Waals surface area contributed by atoms with Crippen molar-refractivity contribution in [1.29, 1.82) is 0 Å². The van der Waals surface area contributed by atoms with Crippen molar-refractivity contribution in [2.45, 2.75) is 0 Å². The van der Waals surface area contributed by atoms with Gasteiger partial charge in [0.25, 0.3) is 0 Å². The monoisotopic (exact) mass is 261 g/mol. The molecule has 0 aliphatic carbocycles. The molecule has 0 atom stereocenters. The number of aromatic carboxylic acids is 1. The van der Waals surface area contributed by atoms with E-state index in [1.807, 2.05) is 37.2 Å². The molecule has 0 unspecified atom stereocenters. The predicted octanol–water partition coefficient (Wildman–Crippen LogP) is 1.85. The second-order valence-electron chi connectivity index (χ2n) is 4.25. The lowest BCUT2D eigenvalue weighted by Gasteiger charge is -2.15. The van der Waals surface area contributed by atoms with Crippen LogP contribution in [0.15, 0.2) is 24.3 Å². The number of rotatable bonds is 4. The Labute approximate surface area is 110 Å². The Morgan fingerprint density at radius 3 is 2.63 bits per heavy atom. The molecule has 0 bridgehead atoms. The number of ether oxygens (including phenoxy) is 1. The molecule has 0 aliphatic rings. The number of aromatic amines is 1. The van der Waals surface area contributed by atoms with E-state index in [2.05, 4.69) is 10.2 Å². The highest BCUT2D eigenvalue weighted by molar-refractivity contribution is 5.87. The number of hydrogen-bond acceptors (Lipinski definition) is 4. The van der Waals surface area contributed by atoms with Crippen molar-refractivity contribution in [2.24, 2.45) is 0 Å². The molecule has 6 nitrogen and oxygen atoms in total. The lowest BCUT2D eigenvalue weighted by atomic mass is 10.1. The van der Waals surface area contributed by atoms with E-state index in [4.69, 9.17) is 9.84 Å². The van der Waals surface area contributed by atoms with Gasteiger partial charge < -0.3 is 14.7 Å². The molecule has 1 aromatic heterocycles. The number of aromatic nitrogens is 2. The molecule has 6 heteroatoms. The first-order chi connectivity index (χ1) is 9.02. The fourth-order valence-corrected chi connectivity index (χ4v) is 1.74. The summed E-state index contributed by atoms with van der Waals surface area (Å²) in [5.74, 6) is -0.393. The third-order valence-corrected chi connectivity index (χ3v) is 2.78. The smallest absolute Gasteiger partial charge is 0.353 e. The average Bonchev–Trinajstić information content (AvgIpc) is 2.87. The minimum atomic E-state index is -1.04. The third-order valence-electron chi connectivity index (χ3n) is 2.78. The van der Waals surface area contributed by atoms with Crippen LogP contribution in [-0.2, 0) is 0 Å². The number of methoxy groups -OCH3 is 1. The normalized spacial score (nSPS) is 10.3. The molecule has 0 saturated carbocycles. The van der Waals surface area contributed by atoms with Gasteiger partial charge in [0.05, 0.1) is 12.8 Å². The summed E-state index contributed by atoms with van der Waals surface area (Å²) in [6, 6.07) is 7.15. The fourth-order valence-electron chi connectivity index (χ4n) is 1.74. The second kappa shape index (κ2) is 5.01. The van der Waals surface area contributed by atoms with Crippen molar-refractivity contribution in [3.05, 3.63) is 30.0 Å². The van der Waals surface area contributed by atoms with Crippen LogP contribution >= 0.6 is 0 Å². The second-order valence-corrected chi connectivity index (χ2v) is 4.25. The van der Waals surface area contributed by atoms with Crippen molar-refractivity contribution < 1.29 is 14.6 Å². The minimum Gasteiger partial charge on any atom is -0.496 e. The van der Waals surface area contributed by atoms with Crippen LogP contribution in [-0.4, -0.2) is 42.5 Å². The van der Waals surface area contributed by atoms with Crippen molar-refractivity contribution in [1.82, 2.24) is 10.2 Å². The zero-order chi connectivity index (χ0) is 14.0. The van der Waals surface area contributed by atoms with Crippen LogP contribution in [0.2, 0.25) is 0 Å². The number of nitrogens with zero attached hydrogens (tertiary/aromatic N) is 2. The summed E-state index contributed by atoms with van der Waals surface area (Å²) in [7, 11) is 5.43. The van der Waals surface area contributed by atoms with Gasteiger partial charge in [0, 0.05) is 25.3 Å². The first-order valence-electron chi connectivity index (χ1n) is 5.67. The molecule has 0 aliphatic heterocycles. The highest BCUT2D eigenvalue weighted by Gasteiger charge is 2.14. The molecule has 0 fully saturated rings. The number of carboxylic acids is 1. The maximum absolute atomic E-state index is 10.9. The van der Waals surface area contributed by atoms with E-state index in [0.29, 0.717) is 11.4 Å². The number of carboxylic acid groups (broad SMARTS) is 1. The molecule has 19 heavy (non-hydrogen) atoms. The number of nitrogens with one attached hydrogen (secondary N) is 1. The number of benzene rings is 1. The lowest BCUT2D eigenvalue weighted by Crippen LogP contribution is -2.08. The van der Waals surface area contributed by atoms with E-state index in [-0.39, 0.29) is 5.69 Å². The van der Waals surface area contributed by atoms with Gasteiger partial charge in [0.2, 0.25) is 0 Å². The van der Waals surface area contributed by atoms with Gasteiger partial charge in [-0.1, -0.05) is 0 Å². The van der Waals surface area contributed by atoms with E-state index in [9.17, 15) is 4.79 Å². The van der Waals surface area contributed by atoms with Crippen LogP contribution in [0.5, 0.6) is 5.75 Å². The van der Waals surface area contributed by atoms with E-state index >= 15 is 0 Å². The average molecular weight is 261 g/mol. The summed E-state index contributed by atoms with van der Waals surface area (Å²) < 4.78 is 5.28. The number of carbonyl (C=O) groups is 1.